The lowest BCUT2D eigenvalue weighted by Gasteiger charge is -2.11. The van der Waals surface area contributed by atoms with Crippen LogP contribution in [-0.4, -0.2) is 21.5 Å². The van der Waals surface area contributed by atoms with Gasteiger partial charge in [-0.3, -0.25) is 4.79 Å². The molecule has 0 atom stereocenters. The van der Waals surface area contributed by atoms with Crippen LogP contribution in [0.4, 0.5) is 0 Å². The van der Waals surface area contributed by atoms with Gasteiger partial charge in [0.25, 0.3) is 5.91 Å². The minimum atomic E-state index is 0.0213. The Morgan fingerprint density at radius 1 is 1.27 bits per heavy atom. The van der Waals surface area contributed by atoms with Crippen molar-refractivity contribution >= 4 is 27.5 Å². The number of rotatable bonds is 3. The second kappa shape index (κ2) is 4.95. The fourth-order valence-electron chi connectivity index (χ4n) is 2.80. The van der Waals surface area contributed by atoms with Crippen LogP contribution < -0.4 is 5.32 Å². The number of amides is 1. The first-order valence-corrected chi connectivity index (χ1v) is 8.30. The molecule has 4 nitrogen and oxygen atoms in total. The van der Waals surface area contributed by atoms with E-state index >= 15 is 0 Å². The molecule has 1 aliphatic rings. The summed E-state index contributed by atoms with van der Waals surface area (Å²) in [6.45, 7) is 4.13. The number of aromatic nitrogens is 2. The fourth-order valence-corrected chi connectivity index (χ4v) is 3.83. The van der Waals surface area contributed by atoms with Crippen molar-refractivity contribution in [1.29, 1.82) is 0 Å². The van der Waals surface area contributed by atoms with Crippen molar-refractivity contribution in [2.75, 3.05) is 0 Å². The molecule has 0 spiro atoms. The van der Waals surface area contributed by atoms with Gasteiger partial charge in [-0.05, 0) is 51.0 Å². The summed E-state index contributed by atoms with van der Waals surface area (Å²) in [5, 5.41) is 4.14. The second-order valence-corrected chi connectivity index (χ2v) is 6.83. The lowest BCUT2D eigenvalue weighted by atomic mass is 10.2. The number of thiophene rings is 1. The third-order valence-electron chi connectivity index (χ3n) is 4.05. The van der Waals surface area contributed by atoms with Gasteiger partial charge >= 0.3 is 0 Å². The van der Waals surface area contributed by atoms with E-state index in [-0.39, 0.29) is 5.91 Å². The minimum Gasteiger partial charge on any atom is -0.349 e. The smallest absolute Gasteiger partial charge is 0.263 e. The first-order valence-electron chi connectivity index (χ1n) is 7.49. The van der Waals surface area contributed by atoms with Crippen LogP contribution >= 0.6 is 11.3 Å². The van der Waals surface area contributed by atoms with Crippen molar-refractivity contribution in [2.45, 2.75) is 32.7 Å². The molecule has 0 saturated heterocycles. The number of hydrogen-bond donors (Lipinski definition) is 1. The van der Waals surface area contributed by atoms with Crippen molar-refractivity contribution < 1.29 is 4.79 Å². The zero-order valence-corrected chi connectivity index (χ0v) is 13.4. The van der Waals surface area contributed by atoms with E-state index < -0.39 is 0 Å². The number of fused-ring (bicyclic) bond motifs is 1. The Bertz CT molecular complexity index is 854. The average Bonchev–Trinajstić information content (AvgIpc) is 3.15. The highest BCUT2D eigenvalue weighted by atomic mass is 32.1. The van der Waals surface area contributed by atoms with E-state index in [9.17, 15) is 4.79 Å². The summed E-state index contributed by atoms with van der Waals surface area (Å²) < 4.78 is 2.16. The number of carbonyl (C=O) groups is 1. The summed E-state index contributed by atoms with van der Waals surface area (Å²) in [6, 6.07) is 8.48. The molecular formula is C17H17N3OS. The fraction of sp³-hybridized carbons (Fsp3) is 0.294. The highest BCUT2D eigenvalue weighted by Crippen LogP contribution is 2.35. The summed E-state index contributed by atoms with van der Waals surface area (Å²) >= 11 is 1.47. The van der Waals surface area contributed by atoms with Gasteiger partial charge in [-0.1, -0.05) is 0 Å². The second-order valence-electron chi connectivity index (χ2n) is 5.84. The molecular weight excluding hydrogens is 294 g/mol. The highest BCUT2D eigenvalue weighted by molar-refractivity contribution is 7.21. The van der Waals surface area contributed by atoms with E-state index in [0.29, 0.717) is 6.04 Å². The van der Waals surface area contributed by atoms with E-state index in [1.54, 1.807) is 6.20 Å². The van der Waals surface area contributed by atoms with Gasteiger partial charge < -0.3 is 9.88 Å². The molecule has 0 unspecified atom stereocenters. The van der Waals surface area contributed by atoms with Gasteiger partial charge in [-0.25, -0.2) is 4.98 Å². The molecule has 0 radical (unpaired) electrons. The molecule has 22 heavy (non-hydrogen) atoms. The van der Waals surface area contributed by atoms with E-state index in [0.717, 1.165) is 45.0 Å². The van der Waals surface area contributed by atoms with E-state index in [4.69, 9.17) is 0 Å². The van der Waals surface area contributed by atoms with Crippen LogP contribution in [0.15, 0.2) is 30.5 Å². The number of pyridine rings is 1. The summed E-state index contributed by atoms with van der Waals surface area (Å²) in [5.74, 6) is 0.0213. The molecule has 0 aromatic carbocycles. The lowest BCUT2D eigenvalue weighted by Crippen LogP contribution is -2.25. The van der Waals surface area contributed by atoms with E-state index in [2.05, 4.69) is 40.8 Å². The van der Waals surface area contributed by atoms with Gasteiger partial charge in [0.15, 0.2) is 0 Å². The van der Waals surface area contributed by atoms with Crippen LogP contribution in [0.5, 0.6) is 0 Å². The van der Waals surface area contributed by atoms with Gasteiger partial charge in [0.2, 0.25) is 0 Å². The Kier molecular flexibility index (Phi) is 3.04. The van der Waals surface area contributed by atoms with Crippen molar-refractivity contribution in [3.8, 4) is 5.69 Å². The maximum absolute atomic E-state index is 12.7. The van der Waals surface area contributed by atoms with Crippen LogP contribution in [0.2, 0.25) is 0 Å². The monoisotopic (exact) mass is 311 g/mol. The highest BCUT2D eigenvalue weighted by Gasteiger charge is 2.28. The zero-order chi connectivity index (χ0) is 15.3. The average molecular weight is 311 g/mol. The maximum Gasteiger partial charge on any atom is 0.263 e. The number of aryl methyl sites for hydroxylation is 2. The van der Waals surface area contributed by atoms with Crippen LogP contribution in [0.1, 0.15) is 33.9 Å². The van der Waals surface area contributed by atoms with Crippen molar-refractivity contribution in [3.63, 3.8) is 0 Å². The van der Waals surface area contributed by atoms with Gasteiger partial charge in [-0.2, -0.15) is 0 Å². The Morgan fingerprint density at radius 3 is 2.68 bits per heavy atom. The lowest BCUT2D eigenvalue weighted by molar-refractivity contribution is 0.0955. The van der Waals surface area contributed by atoms with E-state index in [1.807, 2.05) is 12.1 Å². The maximum atomic E-state index is 12.7. The third-order valence-corrected chi connectivity index (χ3v) is 5.16. The normalized spacial score (nSPS) is 14.5. The Morgan fingerprint density at radius 2 is 2.00 bits per heavy atom. The Labute approximate surface area is 132 Å². The molecule has 4 rings (SSSR count). The molecule has 1 saturated carbocycles. The molecule has 1 N–H and O–H groups in total. The van der Waals surface area contributed by atoms with Gasteiger partial charge in [0.05, 0.1) is 5.69 Å². The standard InChI is InChI=1S/C17H17N3OS/c1-10-5-6-11(2)20(10)14-13-4-3-9-18-17(13)22-15(14)16(21)19-12-7-8-12/h3-6,9,12H,7-8H2,1-2H3,(H,19,21). The van der Waals surface area contributed by atoms with Crippen molar-refractivity contribution in [3.05, 3.63) is 46.7 Å². The van der Waals surface area contributed by atoms with Gasteiger partial charge in [-0.15, -0.1) is 11.3 Å². The molecule has 0 aliphatic heterocycles. The largest absolute Gasteiger partial charge is 0.349 e. The molecule has 112 valence electrons. The zero-order valence-electron chi connectivity index (χ0n) is 12.6. The van der Waals surface area contributed by atoms with E-state index in [1.165, 1.54) is 11.3 Å². The molecule has 1 aliphatic carbocycles. The molecule has 3 heterocycles. The molecule has 0 bridgehead atoms. The summed E-state index contributed by atoms with van der Waals surface area (Å²) in [7, 11) is 0. The van der Waals surface area contributed by atoms with Crippen LogP contribution in [0.25, 0.3) is 15.9 Å². The first kappa shape index (κ1) is 13.5. The number of nitrogens with zero attached hydrogens (tertiary/aromatic N) is 2. The number of nitrogens with one attached hydrogen (secondary N) is 1. The first-order chi connectivity index (χ1) is 10.6. The molecule has 1 fully saturated rings. The topological polar surface area (TPSA) is 46.9 Å². The number of hydrogen-bond acceptors (Lipinski definition) is 3. The molecule has 3 aromatic rings. The summed E-state index contributed by atoms with van der Waals surface area (Å²) in [4.78, 5) is 18.8. The van der Waals surface area contributed by atoms with Crippen LogP contribution in [-0.2, 0) is 0 Å². The molecule has 5 heteroatoms. The number of carbonyl (C=O) groups excluding carboxylic acids is 1. The molecule has 1 amide bonds. The van der Waals surface area contributed by atoms with Gasteiger partial charge in [0.1, 0.15) is 9.71 Å². The SMILES string of the molecule is Cc1ccc(C)n1-c1c(C(=O)NC2CC2)sc2ncccc12. The quantitative estimate of drug-likeness (QED) is 0.803. The van der Waals surface area contributed by atoms with Gasteiger partial charge in [0, 0.05) is 29.0 Å². The molecule has 3 aromatic heterocycles. The van der Waals surface area contributed by atoms with Crippen LogP contribution in [0, 0.1) is 13.8 Å². The Balaban J connectivity index is 1.95. The summed E-state index contributed by atoms with van der Waals surface area (Å²) in [6.07, 6.45) is 3.96. The predicted molar refractivity (Wildman–Crippen MR) is 88.9 cm³/mol. The predicted octanol–water partition coefficient (Wildman–Crippen LogP) is 3.60. The Hall–Kier alpha value is -2.14. The van der Waals surface area contributed by atoms with Crippen LogP contribution in [0.3, 0.4) is 0 Å². The minimum absolute atomic E-state index is 0.0213. The van der Waals surface area contributed by atoms with Crippen molar-refractivity contribution in [1.82, 2.24) is 14.9 Å². The van der Waals surface area contributed by atoms with Crippen molar-refractivity contribution in [2.24, 2.45) is 0 Å². The third kappa shape index (κ3) is 2.13. The summed E-state index contributed by atoms with van der Waals surface area (Å²) in [5.41, 5.74) is 3.22.